The van der Waals surface area contributed by atoms with Crippen molar-refractivity contribution in [1.29, 1.82) is 0 Å². The lowest BCUT2D eigenvalue weighted by Gasteiger charge is -2.31. The summed E-state index contributed by atoms with van der Waals surface area (Å²) in [4.78, 5) is 20.9. The van der Waals surface area contributed by atoms with Crippen LogP contribution in [0.15, 0.2) is 83.0 Å². The third-order valence-electron chi connectivity index (χ3n) is 5.71. The first-order valence-electron chi connectivity index (χ1n) is 11.1. The predicted octanol–water partition coefficient (Wildman–Crippen LogP) is 5.17. The Hall–Kier alpha value is -3.83. The second-order valence-electron chi connectivity index (χ2n) is 8.34. The molecule has 2 heterocycles. The molecule has 0 saturated heterocycles. The second kappa shape index (κ2) is 9.91. The Morgan fingerprint density at radius 2 is 1.81 bits per heavy atom. The van der Waals surface area contributed by atoms with Gasteiger partial charge in [0.05, 0.1) is 35.6 Å². The van der Waals surface area contributed by atoms with E-state index < -0.39 is 27.6 Å². The van der Waals surface area contributed by atoms with Gasteiger partial charge in [0.25, 0.3) is 10.0 Å². The minimum absolute atomic E-state index is 0.0273. The molecule has 4 aromatic rings. The summed E-state index contributed by atoms with van der Waals surface area (Å²) in [6, 6.07) is 17.6. The summed E-state index contributed by atoms with van der Waals surface area (Å²) in [6.07, 6.45) is 1.25. The molecule has 1 aliphatic heterocycles. The van der Waals surface area contributed by atoms with Gasteiger partial charge in [0.2, 0.25) is 5.91 Å². The first-order chi connectivity index (χ1) is 17.7. The maximum absolute atomic E-state index is 13.8. The summed E-state index contributed by atoms with van der Waals surface area (Å²) in [5.74, 6) is -2.35. The zero-order valence-electron chi connectivity index (χ0n) is 19.5. The molecule has 0 saturated carbocycles. The van der Waals surface area contributed by atoms with E-state index in [1.165, 1.54) is 10.5 Å². The Labute approximate surface area is 216 Å². The standard InChI is InChI=1S/C26H20F2N4O3S2/c1-16-6-8-17(9-7-16)14-32-22-5-3-2-4-19(22)25-23(37(32,34)35)13-29-26(31-25)36-15-24(33)30-21-11-10-18(27)12-20(21)28/h2-13H,14-15H2,1H3,(H,30,33). The van der Waals surface area contributed by atoms with Gasteiger partial charge in [-0.3, -0.25) is 9.10 Å². The number of benzene rings is 3. The largest absolute Gasteiger partial charge is 0.323 e. The maximum Gasteiger partial charge on any atom is 0.268 e. The highest BCUT2D eigenvalue weighted by molar-refractivity contribution is 7.99. The van der Waals surface area contributed by atoms with Crippen LogP contribution in [0.2, 0.25) is 0 Å². The molecule has 0 atom stereocenters. The molecular formula is C26H20F2N4O3S2. The van der Waals surface area contributed by atoms with E-state index in [9.17, 15) is 22.0 Å². The van der Waals surface area contributed by atoms with Gasteiger partial charge in [0.1, 0.15) is 16.5 Å². The summed E-state index contributed by atoms with van der Waals surface area (Å²) in [7, 11) is -3.95. The van der Waals surface area contributed by atoms with Gasteiger partial charge in [-0.2, -0.15) is 0 Å². The van der Waals surface area contributed by atoms with Crippen molar-refractivity contribution in [2.24, 2.45) is 0 Å². The minimum Gasteiger partial charge on any atom is -0.323 e. The van der Waals surface area contributed by atoms with Gasteiger partial charge in [-0.1, -0.05) is 59.8 Å². The summed E-state index contributed by atoms with van der Waals surface area (Å²) in [6.45, 7) is 2.11. The molecule has 1 amide bonds. The van der Waals surface area contributed by atoms with Crippen LogP contribution in [0.25, 0.3) is 11.3 Å². The third-order valence-corrected chi connectivity index (χ3v) is 8.34. The molecule has 0 fully saturated rings. The quantitative estimate of drug-likeness (QED) is 0.269. The normalized spacial score (nSPS) is 13.5. The van der Waals surface area contributed by atoms with Crippen molar-refractivity contribution >= 4 is 39.1 Å². The van der Waals surface area contributed by atoms with E-state index in [1.807, 2.05) is 31.2 Å². The van der Waals surface area contributed by atoms with Crippen molar-refractivity contribution in [1.82, 2.24) is 9.97 Å². The lowest BCUT2D eigenvalue weighted by atomic mass is 10.1. The number of anilines is 2. The van der Waals surface area contributed by atoms with E-state index in [2.05, 4.69) is 15.3 Å². The van der Waals surface area contributed by atoms with Crippen molar-refractivity contribution in [2.75, 3.05) is 15.4 Å². The second-order valence-corrected chi connectivity index (χ2v) is 11.1. The summed E-state index contributed by atoms with van der Waals surface area (Å²) in [5.41, 5.74) is 3.14. The smallest absolute Gasteiger partial charge is 0.268 e. The fourth-order valence-electron chi connectivity index (χ4n) is 3.88. The fraction of sp³-hybridized carbons (Fsp3) is 0.115. The van der Waals surface area contributed by atoms with Crippen LogP contribution < -0.4 is 9.62 Å². The number of halogens is 2. The Morgan fingerprint density at radius 1 is 1.05 bits per heavy atom. The monoisotopic (exact) mass is 538 g/mol. The van der Waals surface area contributed by atoms with Gasteiger partial charge in [0, 0.05) is 11.6 Å². The van der Waals surface area contributed by atoms with Crippen molar-refractivity contribution in [3.63, 3.8) is 0 Å². The number of nitrogens with one attached hydrogen (secondary N) is 1. The van der Waals surface area contributed by atoms with E-state index in [4.69, 9.17) is 0 Å². The third kappa shape index (κ3) is 5.05. The molecule has 0 aliphatic carbocycles. The maximum atomic E-state index is 13.8. The zero-order chi connectivity index (χ0) is 26.2. The highest BCUT2D eigenvalue weighted by Gasteiger charge is 2.36. The summed E-state index contributed by atoms with van der Waals surface area (Å²) < 4.78 is 55.4. The Kier molecular flexibility index (Phi) is 6.65. The number of hydrogen-bond donors (Lipinski definition) is 1. The van der Waals surface area contributed by atoms with Gasteiger partial charge in [-0.25, -0.2) is 27.2 Å². The molecule has 1 aliphatic rings. The van der Waals surface area contributed by atoms with E-state index in [1.54, 1.807) is 24.3 Å². The molecule has 11 heteroatoms. The van der Waals surface area contributed by atoms with Crippen molar-refractivity contribution in [2.45, 2.75) is 23.5 Å². The van der Waals surface area contributed by atoms with E-state index >= 15 is 0 Å². The molecular weight excluding hydrogens is 518 g/mol. The van der Waals surface area contributed by atoms with Crippen LogP contribution in [0.4, 0.5) is 20.2 Å². The molecule has 188 valence electrons. The van der Waals surface area contributed by atoms with E-state index in [-0.39, 0.29) is 33.7 Å². The first-order valence-corrected chi connectivity index (χ1v) is 13.6. The number of rotatable bonds is 6. The Bertz CT molecular complexity index is 1610. The molecule has 3 aromatic carbocycles. The van der Waals surface area contributed by atoms with Crippen LogP contribution in [0, 0.1) is 18.6 Å². The van der Waals surface area contributed by atoms with Gasteiger partial charge in [0.15, 0.2) is 5.16 Å². The number of carbonyl (C=O) groups excluding carboxylic acids is 1. The average Bonchev–Trinajstić information content (AvgIpc) is 2.88. The predicted molar refractivity (Wildman–Crippen MR) is 138 cm³/mol. The lowest BCUT2D eigenvalue weighted by Crippen LogP contribution is -2.34. The van der Waals surface area contributed by atoms with Crippen molar-refractivity contribution in [3.05, 3.63) is 95.7 Å². The van der Waals surface area contributed by atoms with Crippen LogP contribution in [-0.4, -0.2) is 30.0 Å². The Morgan fingerprint density at radius 3 is 2.57 bits per heavy atom. The minimum atomic E-state index is -3.95. The average molecular weight is 539 g/mol. The van der Waals surface area contributed by atoms with E-state index in [0.29, 0.717) is 17.3 Å². The lowest BCUT2D eigenvalue weighted by molar-refractivity contribution is -0.113. The topological polar surface area (TPSA) is 92.3 Å². The van der Waals surface area contributed by atoms with Crippen molar-refractivity contribution < 1.29 is 22.0 Å². The van der Waals surface area contributed by atoms with Gasteiger partial charge in [-0.05, 0) is 30.7 Å². The molecule has 0 spiro atoms. The summed E-state index contributed by atoms with van der Waals surface area (Å²) in [5, 5.41) is 2.56. The molecule has 1 aromatic heterocycles. The van der Waals surface area contributed by atoms with Gasteiger partial charge >= 0.3 is 0 Å². The number of aromatic nitrogens is 2. The highest BCUT2D eigenvalue weighted by atomic mass is 32.2. The number of sulfonamides is 1. The number of nitrogens with zero attached hydrogens (tertiary/aromatic N) is 3. The molecule has 5 rings (SSSR count). The van der Waals surface area contributed by atoms with Gasteiger partial charge in [-0.15, -0.1) is 0 Å². The molecule has 7 nitrogen and oxygen atoms in total. The molecule has 1 N–H and O–H groups in total. The Balaban J connectivity index is 1.40. The number of para-hydroxylation sites is 1. The van der Waals surface area contributed by atoms with Gasteiger partial charge < -0.3 is 5.32 Å². The highest BCUT2D eigenvalue weighted by Crippen LogP contribution is 2.42. The van der Waals surface area contributed by atoms with E-state index in [0.717, 1.165) is 35.0 Å². The van der Waals surface area contributed by atoms with Crippen LogP contribution >= 0.6 is 11.8 Å². The molecule has 37 heavy (non-hydrogen) atoms. The summed E-state index contributed by atoms with van der Waals surface area (Å²) >= 11 is 0.970. The van der Waals surface area contributed by atoms with Crippen molar-refractivity contribution in [3.8, 4) is 11.3 Å². The molecule has 0 unspecified atom stereocenters. The SMILES string of the molecule is Cc1ccc(CN2c3ccccc3-c3nc(SCC(=O)Nc4ccc(F)cc4F)ncc3S2(=O)=O)cc1. The molecule has 0 radical (unpaired) electrons. The fourth-order valence-corrected chi connectivity index (χ4v) is 6.06. The van der Waals surface area contributed by atoms with Crippen LogP contribution in [0.5, 0.6) is 0 Å². The number of carbonyl (C=O) groups is 1. The molecule has 0 bridgehead atoms. The van der Waals surface area contributed by atoms with Crippen LogP contribution in [0.1, 0.15) is 11.1 Å². The number of aryl methyl sites for hydroxylation is 1. The number of amides is 1. The number of fused-ring (bicyclic) bond motifs is 3. The van der Waals surface area contributed by atoms with Crippen LogP contribution in [0.3, 0.4) is 0 Å². The van der Waals surface area contributed by atoms with Crippen LogP contribution in [-0.2, 0) is 21.4 Å². The zero-order valence-corrected chi connectivity index (χ0v) is 21.1. The number of thioether (sulfide) groups is 1. The first kappa shape index (κ1) is 24.8. The number of hydrogen-bond acceptors (Lipinski definition) is 6.